The van der Waals surface area contributed by atoms with Gasteiger partial charge in [-0.25, -0.2) is 0 Å². The van der Waals surface area contributed by atoms with E-state index in [0.717, 1.165) is 38.0 Å². The molecular formula is C20H22N2O. The van der Waals surface area contributed by atoms with Crippen molar-refractivity contribution in [3.63, 3.8) is 0 Å². The van der Waals surface area contributed by atoms with Crippen LogP contribution in [0, 0.1) is 0 Å². The normalized spacial score (nSPS) is 18.3. The minimum atomic E-state index is -0.669. The Labute approximate surface area is 136 Å². The maximum atomic E-state index is 10.9. The second-order valence-electron chi connectivity index (χ2n) is 6.53. The van der Waals surface area contributed by atoms with E-state index < -0.39 is 5.60 Å². The summed E-state index contributed by atoms with van der Waals surface area (Å²) in [4.78, 5) is 5.78. The van der Waals surface area contributed by atoms with Gasteiger partial charge in [0.05, 0.1) is 5.60 Å². The Morgan fingerprint density at radius 3 is 2.43 bits per heavy atom. The van der Waals surface area contributed by atoms with E-state index in [1.54, 1.807) is 0 Å². The molecule has 2 heterocycles. The number of benzene rings is 2. The molecule has 118 valence electrons. The van der Waals surface area contributed by atoms with Crippen molar-refractivity contribution >= 4 is 10.9 Å². The number of fused-ring (bicyclic) bond motifs is 1. The van der Waals surface area contributed by atoms with Crippen molar-refractivity contribution in [3.8, 4) is 0 Å². The van der Waals surface area contributed by atoms with Crippen LogP contribution in [0.5, 0.6) is 0 Å². The molecule has 3 aromatic rings. The van der Waals surface area contributed by atoms with Gasteiger partial charge >= 0.3 is 0 Å². The number of H-pyrrole nitrogens is 1. The predicted molar refractivity (Wildman–Crippen MR) is 93.1 cm³/mol. The zero-order valence-electron chi connectivity index (χ0n) is 13.2. The molecule has 0 spiro atoms. The van der Waals surface area contributed by atoms with Crippen molar-refractivity contribution in [1.82, 2.24) is 9.88 Å². The first kappa shape index (κ1) is 14.5. The number of aromatic nitrogens is 1. The minimum absolute atomic E-state index is 0.669. The molecule has 2 N–H and O–H groups in total. The van der Waals surface area contributed by atoms with E-state index in [0.29, 0.717) is 0 Å². The van der Waals surface area contributed by atoms with Crippen molar-refractivity contribution in [1.29, 1.82) is 0 Å². The van der Waals surface area contributed by atoms with E-state index >= 15 is 0 Å². The maximum Gasteiger partial charge on any atom is 0.0920 e. The fourth-order valence-corrected chi connectivity index (χ4v) is 3.62. The van der Waals surface area contributed by atoms with Gasteiger partial charge in [0, 0.05) is 36.7 Å². The monoisotopic (exact) mass is 306 g/mol. The number of nitrogens with zero attached hydrogens (tertiary/aromatic N) is 1. The Morgan fingerprint density at radius 1 is 0.957 bits per heavy atom. The number of rotatable bonds is 3. The predicted octanol–water partition coefficient (Wildman–Crippen LogP) is 3.65. The van der Waals surface area contributed by atoms with E-state index in [2.05, 4.69) is 40.3 Å². The van der Waals surface area contributed by atoms with Gasteiger partial charge in [-0.05, 0) is 30.0 Å². The van der Waals surface area contributed by atoms with E-state index in [1.165, 1.54) is 16.5 Å². The summed E-state index contributed by atoms with van der Waals surface area (Å²) in [5.41, 5.74) is 2.91. The summed E-state index contributed by atoms with van der Waals surface area (Å²) in [6, 6.07) is 18.5. The van der Waals surface area contributed by atoms with Crippen LogP contribution in [0.2, 0.25) is 0 Å². The molecule has 1 aliphatic rings. The molecule has 0 radical (unpaired) electrons. The van der Waals surface area contributed by atoms with Gasteiger partial charge in [0.2, 0.25) is 0 Å². The van der Waals surface area contributed by atoms with Crippen LogP contribution in [-0.4, -0.2) is 28.1 Å². The first-order valence-electron chi connectivity index (χ1n) is 8.30. The standard InChI is InChI=1S/C20H22N2O/c23-20(17-6-2-1-3-7-17)10-12-22(13-11-20)15-16-14-21-19-9-5-4-8-18(16)19/h1-9,14,21,23H,10-13,15H2. The van der Waals surface area contributed by atoms with Gasteiger partial charge in [-0.15, -0.1) is 0 Å². The molecule has 0 atom stereocenters. The number of hydrogen-bond acceptors (Lipinski definition) is 2. The number of aromatic amines is 1. The van der Waals surface area contributed by atoms with Crippen LogP contribution in [0.1, 0.15) is 24.0 Å². The van der Waals surface area contributed by atoms with Crippen molar-refractivity contribution in [2.45, 2.75) is 25.0 Å². The van der Waals surface area contributed by atoms with Crippen LogP contribution in [0.15, 0.2) is 60.8 Å². The summed E-state index contributed by atoms with van der Waals surface area (Å²) in [5, 5.41) is 12.2. The SMILES string of the molecule is OC1(c2ccccc2)CCN(Cc2c[nH]c3ccccc23)CC1. The minimum Gasteiger partial charge on any atom is -0.385 e. The van der Waals surface area contributed by atoms with Crippen molar-refractivity contribution in [2.24, 2.45) is 0 Å². The van der Waals surface area contributed by atoms with Crippen molar-refractivity contribution in [3.05, 3.63) is 71.9 Å². The smallest absolute Gasteiger partial charge is 0.0920 e. The second kappa shape index (κ2) is 5.84. The average Bonchev–Trinajstić information content (AvgIpc) is 3.01. The number of likely N-dealkylation sites (tertiary alicyclic amines) is 1. The quantitative estimate of drug-likeness (QED) is 0.775. The number of nitrogens with one attached hydrogen (secondary N) is 1. The highest BCUT2D eigenvalue weighted by molar-refractivity contribution is 5.82. The molecule has 4 rings (SSSR count). The van der Waals surface area contributed by atoms with Gasteiger partial charge in [0.15, 0.2) is 0 Å². The largest absolute Gasteiger partial charge is 0.385 e. The molecule has 2 aromatic carbocycles. The molecule has 23 heavy (non-hydrogen) atoms. The van der Waals surface area contributed by atoms with Crippen molar-refractivity contribution in [2.75, 3.05) is 13.1 Å². The highest BCUT2D eigenvalue weighted by Crippen LogP contribution is 2.33. The van der Waals surface area contributed by atoms with Crippen LogP contribution in [0.25, 0.3) is 10.9 Å². The zero-order chi connectivity index (χ0) is 15.7. The zero-order valence-corrected chi connectivity index (χ0v) is 13.2. The highest BCUT2D eigenvalue weighted by atomic mass is 16.3. The van der Waals surface area contributed by atoms with E-state index in [-0.39, 0.29) is 0 Å². The van der Waals surface area contributed by atoms with Crippen LogP contribution >= 0.6 is 0 Å². The summed E-state index contributed by atoms with van der Waals surface area (Å²) < 4.78 is 0. The van der Waals surface area contributed by atoms with Crippen LogP contribution in [0.3, 0.4) is 0 Å². The molecule has 0 bridgehead atoms. The average molecular weight is 306 g/mol. The topological polar surface area (TPSA) is 39.3 Å². The molecule has 1 aromatic heterocycles. The van der Waals surface area contributed by atoms with Gasteiger partial charge in [-0.3, -0.25) is 4.90 Å². The molecule has 3 heteroatoms. The highest BCUT2D eigenvalue weighted by Gasteiger charge is 2.33. The first-order chi connectivity index (χ1) is 11.2. The fraction of sp³-hybridized carbons (Fsp3) is 0.300. The number of para-hydroxylation sites is 1. The summed E-state index contributed by atoms with van der Waals surface area (Å²) in [7, 11) is 0. The lowest BCUT2D eigenvalue weighted by Gasteiger charge is -2.38. The third-order valence-corrected chi connectivity index (χ3v) is 5.06. The molecule has 1 fully saturated rings. The summed E-state index contributed by atoms with van der Waals surface area (Å²) in [6.45, 7) is 2.78. The Kier molecular flexibility index (Phi) is 3.68. The van der Waals surface area contributed by atoms with Gasteiger partial charge < -0.3 is 10.1 Å². The second-order valence-corrected chi connectivity index (χ2v) is 6.53. The molecule has 0 saturated carbocycles. The summed E-state index contributed by atoms with van der Waals surface area (Å²) in [5.74, 6) is 0. The molecule has 1 aliphatic heterocycles. The van der Waals surface area contributed by atoms with Gasteiger partial charge in [0.1, 0.15) is 0 Å². The maximum absolute atomic E-state index is 10.9. The summed E-state index contributed by atoms with van der Waals surface area (Å²) >= 11 is 0. The third-order valence-electron chi connectivity index (χ3n) is 5.06. The molecule has 3 nitrogen and oxygen atoms in total. The Bertz CT molecular complexity index is 786. The first-order valence-corrected chi connectivity index (χ1v) is 8.30. The van der Waals surface area contributed by atoms with E-state index in [9.17, 15) is 5.11 Å². The van der Waals surface area contributed by atoms with Gasteiger partial charge in [-0.1, -0.05) is 48.5 Å². The van der Waals surface area contributed by atoms with Crippen molar-refractivity contribution < 1.29 is 5.11 Å². The lowest BCUT2D eigenvalue weighted by molar-refractivity contribution is -0.0276. The van der Waals surface area contributed by atoms with Crippen LogP contribution in [0.4, 0.5) is 0 Å². The Balaban J connectivity index is 1.46. The summed E-state index contributed by atoms with van der Waals surface area (Å²) in [6.07, 6.45) is 3.70. The number of aliphatic hydroxyl groups is 1. The molecule has 0 unspecified atom stereocenters. The number of piperidine rings is 1. The number of hydrogen-bond donors (Lipinski definition) is 2. The van der Waals surface area contributed by atoms with E-state index in [4.69, 9.17) is 0 Å². The lowest BCUT2D eigenvalue weighted by Crippen LogP contribution is -2.42. The van der Waals surface area contributed by atoms with Crippen LogP contribution in [-0.2, 0) is 12.1 Å². The Morgan fingerprint density at radius 2 is 1.65 bits per heavy atom. The van der Waals surface area contributed by atoms with E-state index in [1.807, 2.05) is 30.3 Å². The Hall–Kier alpha value is -2.10. The molecular weight excluding hydrogens is 284 g/mol. The molecule has 0 aliphatic carbocycles. The fourth-order valence-electron chi connectivity index (χ4n) is 3.62. The third kappa shape index (κ3) is 2.78. The molecule has 0 amide bonds. The van der Waals surface area contributed by atoms with Gasteiger partial charge in [-0.2, -0.15) is 0 Å². The van der Waals surface area contributed by atoms with Gasteiger partial charge in [0.25, 0.3) is 0 Å². The lowest BCUT2D eigenvalue weighted by atomic mass is 9.84. The molecule has 1 saturated heterocycles. The van der Waals surface area contributed by atoms with Crippen LogP contribution < -0.4 is 0 Å².